The van der Waals surface area contributed by atoms with Gasteiger partial charge in [-0.05, 0) is 24.5 Å². The van der Waals surface area contributed by atoms with Gasteiger partial charge in [-0.25, -0.2) is 0 Å². The molecule has 0 spiro atoms. The number of aryl methyl sites for hydroxylation is 2. The third kappa shape index (κ3) is 1.32. The minimum atomic E-state index is 0.507. The van der Waals surface area contributed by atoms with E-state index in [1.54, 1.807) is 7.11 Å². The zero-order valence-corrected chi connectivity index (χ0v) is 10.4. The average Bonchev–Trinajstić information content (AvgIpc) is 2.90. The van der Waals surface area contributed by atoms with Gasteiger partial charge in [-0.3, -0.25) is 0 Å². The van der Waals surface area contributed by atoms with E-state index in [4.69, 9.17) is 10.5 Å². The lowest BCUT2D eigenvalue weighted by atomic mass is 10.1. The molecule has 3 nitrogen and oxygen atoms in total. The number of nitrogens with two attached hydrogens (primary N) is 1. The number of hydrogen-bond acceptors (Lipinski definition) is 2. The van der Waals surface area contributed by atoms with Gasteiger partial charge in [0.15, 0.2) is 0 Å². The van der Waals surface area contributed by atoms with E-state index in [1.807, 2.05) is 6.07 Å². The van der Waals surface area contributed by atoms with Crippen LogP contribution in [0.4, 0.5) is 0 Å². The molecule has 0 aliphatic heterocycles. The van der Waals surface area contributed by atoms with Crippen molar-refractivity contribution in [1.82, 2.24) is 4.57 Å². The van der Waals surface area contributed by atoms with Crippen molar-refractivity contribution >= 4 is 10.9 Å². The molecular formula is C14H18N2O. The predicted octanol–water partition coefficient (Wildman–Crippen LogP) is 2.18. The van der Waals surface area contributed by atoms with Gasteiger partial charge in [-0.2, -0.15) is 0 Å². The first kappa shape index (κ1) is 10.7. The van der Waals surface area contributed by atoms with Gasteiger partial charge in [0.25, 0.3) is 0 Å². The molecule has 1 aromatic heterocycles. The number of rotatable bonds is 2. The van der Waals surface area contributed by atoms with Crippen LogP contribution in [-0.2, 0) is 13.5 Å². The van der Waals surface area contributed by atoms with Crippen LogP contribution in [0.5, 0.6) is 5.75 Å². The molecule has 1 aliphatic carbocycles. The molecule has 0 amide bonds. The van der Waals surface area contributed by atoms with Crippen LogP contribution in [0.25, 0.3) is 10.9 Å². The smallest absolute Gasteiger partial charge is 0.143 e. The Morgan fingerprint density at radius 1 is 1.47 bits per heavy atom. The van der Waals surface area contributed by atoms with Crippen LogP contribution >= 0.6 is 0 Å². The highest BCUT2D eigenvalue weighted by Gasteiger charge is 2.28. The molecule has 0 fully saturated rings. The number of aromatic nitrogens is 1. The predicted molar refractivity (Wildman–Crippen MR) is 69.6 cm³/mol. The fourth-order valence-electron chi connectivity index (χ4n) is 3.21. The molecule has 90 valence electrons. The first-order valence-corrected chi connectivity index (χ1v) is 6.12. The standard InChI is InChI=1S/C14H18N2O/c1-16-13-9(8-15)6-7-11(13)10-4-3-5-12(17-2)14(10)16/h3-5,9H,6-8,15H2,1-2H3. The summed E-state index contributed by atoms with van der Waals surface area (Å²) in [4.78, 5) is 0. The molecule has 2 N–H and O–H groups in total. The van der Waals surface area contributed by atoms with Crippen LogP contribution in [0, 0.1) is 0 Å². The van der Waals surface area contributed by atoms with E-state index >= 15 is 0 Å². The van der Waals surface area contributed by atoms with Crippen molar-refractivity contribution < 1.29 is 4.74 Å². The summed E-state index contributed by atoms with van der Waals surface area (Å²) in [5.74, 6) is 1.46. The Kier molecular flexibility index (Phi) is 2.37. The number of nitrogens with zero attached hydrogens (tertiary/aromatic N) is 1. The molecular weight excluding hydrogens is 212 g/mol. The molecule has 2 aromatic rings. The highest BCUT2D eigenvalue weighted by Crippen LogP contribution is 2.41. The van der Waals surface area contributed by atoms with E-state index < -0.39 is 0 Å². The largest absolute Gasteiger partial charge is 0.495 e. The molecule has 17 heavy (non-hydrogen) atoms. The number of fused-ring (bicyclic) bond motifs is 3. The summed E-state index contributed by atoms with van der Waals surface area (Å²) < 4.78 is 7.73. The first-order valence-electron chi connectivity index (χ1n) is 6.12. The second-order valence-electron chi connectivity index (χ2n) is 4.75. The Balaban J connectivity index is 2.35. The van der Waals surface area contributed by atoms with Crippen molar-refractivity contribution in [1.29, 1.82) is 0 Å². The number of hydrogen-bond donors (Lipinski definition) is 1. The van der Waals surface area contributed by atoms with Gasteiger partial charge >= 0.3 is 0 Å². The Labute approximate surface area is 101 Å². The Bertz CT molecular complexity index is 571. The summed E-state index contributed by atoms with van der Waals surface area (Å²) in [5, 5.41) is 1.33. The highest BCUT2D eigenvalue weighted by molar-refractivity contribution is 5.91. The minimum absolute atomic E-state index is 0.507. The van der Waals surface area contributed by atoms with Gasteiger partial charge in [-0.1, -0.05) is 12.1 Å². The second kappa shape index (κ2) is 3.77. The molecule has 0 saturated carbocycles. The number of methoxy groups -OCH3 is 1. The first-order chi connectivity index (χ1) is 8.27. The van der Waals surface area contributed by atoms with Crippen LogP contribution in [-0.4, -0.2) is 18.2 Å². The van der Waals surface area contributed by atoms with E-state index in [2.05, 4.69) is 23.7 Å². The highest BCUT2D eigenvalue weighted by atomic mass is 16.5. The summed E-state index contributed by atoms with van der Waals surface area (Å²) in [6, 6.07) is 6.28. The number of benzene rings is 1. The molecule has 1 atom stereocenters. The fraction of sp³-hybridized carbons (Fsp3) is 0.429. The van der Waals surface area contributed by atoms with E-state index in [9.17, 15) is 0 Å². The molecule has 3 rings (SSSR count). The Hall–Kier alpha value is -1.48. The van der Waals surface area contributed by atoms with E-state index in [0.29, 0.717) is 5.92 Å². The molecule has 1 aliphatic rings. The maximum Gasteiger partial charge on any atom is 0.143 e. The van der Waals surface area contributed by atoms with Gasteiger partial charge in [-0.15, -0.1) is 0 Å². The SMILES string of the molecule is COc1cccc2c3c(n(C)c12)C(CN)CC3. The van der Waals surface area contributed by atoms with Gasteiger partial charge < -0.3 is 15.0 Å². The van der Waals surface area contributed by atoms with Gasteiger partial charge in [0.2, 0.25) is 0 Å². The topological polar surface area (TPSA) is 40.2 Å². The van der Waals surface area contributed by atoms with Crippen molar-refractivity contribution in [3.8, 4) is 5.75 Å². The normalized spacial score (nSPS) is 18.6. The molecule has 0 saturated heterocycles. The lowest BCUT2D eigenvalue weighted by Crippen LogP contribution is -2.12. The van der Waals surface area contributed by atoms with Crippen LogP contribution < -0.4 is 10.5 Å². The monoisotopic (exact) mass is 230 g/mol. The van der Waals surface area contributed by atoms with Crippen molar-refractivity contribution in [2.75, 3.05) is 13.7 Å². The summed E-state index contributed by atoms with van der Waals surface area (Å²) >= 11 is 0. The zero-order chi connectivity index (χ0) is 12.0. The third-order valence-electron chi connectivity index (χ3n) is 3.96. The van der Waals surface area contributed by atoms with Crippen LogP contribution in [0.15, 0.2) is 18.2 Å². The van der Waals surface area contributed by atoms with Crippen molar-refractivity contribution in [3.63, 3.8) is 0 Å². The van der Waals surface area contributed by atoms with Gasteiger partial charge in [0.1, 0.15) is 5.75 Å². The summed E-state index contributed by atoms with van der Waals surface area (Å²) in [5.41, 5.74) is 9.95. The van der Waals surface area contributed by atoms with Crippen LogP contribution in [0.3, 0.4) is 0 Å². The summed E-state index contributed by atoms with van der Waals surface area (Å²) in [6.45, 7) is 0.736. The van der Waals surface area contributed by atoms with Gasteiger partial charge in [0, 0.05) is 30.6 Å². The van der Waals surface area contributed by atoms with E-state index in [0.717, 1.165) is 18.7 Å². The lowest BCUT2D eigenvalue weighted by Gasteiger charge is -2.11. The van der Waals surface area contributed by atoms with E-state index in [-0.39, 0.29) is 0 Å². The maximum atomic E-state index is 5.87. The fourth-order valence-corrected chi connectivity index (χ4v) is 3.21. The van der Waals surface area contributed by atoms with Crippen molar-refractivity contribution in [2.24, 2.45) is 12.8 Å². The molecule has 0 bridgehead atoms. The molecule has 3 heteroatoms. The lowest BCUT2D eigenvalue weighted by molar-refractivity contribution is 0.417. The quantitative estimate of drug-likeness (QED) is 0.859. The summed E-state index contributed by atoms with van der Waals surface area (Å²) in [7, 11) is 3.85. The van der Waals surface area contributed by atoms with Crippen LogP contribution in [0.1, 0.15) is 23.6 Å². The minimum Gasteiger partial charge on any atom is -0.495 e. The van der Waals surface area contributed by atoms with Crippen LogP contribution in [0.2, 0.25) is 0 Å². The number of para-hydroxylation sites is 1. The Morgan fingerprint density at radius 2 is 2.29 bits per heavy atom. The van der Waals surface area contributed by atoms with Crippen molar-refractivity contribution in [3.05, 3.63) is 29.5 Å². The molecule has 1 aromatic carbocycles. The molecule has 0 radical (unpaired) electrons. The van der Waals surface area contributed by atoms with Crippen molar-refractivity contribution in [2.45, 2.75) is 18.8 Å². The van der Waals surface area contributed by atoms with Gasteiger partial charge in [0.05, 0.1) is 12.6 Å². The molecule has 1 heterocycles. The second-order valence-corrected chi connectivity index (χ2v) is 4.75. The van der Waals surface area contributed by atoms with E-state index in [1.165, 1.54) is 28.6 Å². The maximum absolute atomic E-state index is 5.87. The zero-order valence-electron chi connectivity index (χ0n) is 10.4. The summed E-state index contributed by atoms with van der Waals surface area (Å²) in [6.07, 6.45) is 2.32. The molecule has 1 unspecified atom stereocenters. The average molecular weight is 230 g/mol. The third-order valence-corrected chi connectivity index (χ3v) is 3.96. The Morgan fingerprint density at radius 3 is 3.00 bits per heavy atom. The number of ether oxygens (including phenoxy) is 1.